The fourth-order valence-electron chi connectivity index (χ4n) is 4.07. The van der Waals surface area contributed by atoms with Gasteiger partial charge in [-0.3, -0.25) is 4.79 Å². The molecule has 0 unspecified atom stereocenters. The Balaban J connectivity index is 1.40. The van der Waals surface area contributed by atoms with E-state index in [1.54, 1.807) is 18.2 Å². The van der Waals surface area contributed by atoms with Crippen LogP contribution in [0.15, 0.2) is 48.5 Å². The average Bonchev–Trinajstić information content (AvgIpc) is 3.02. The Hall–Kier alpha value is -2.71. The van der Waals surface area contributed by atoms with Gasteiger partial charge in [0.1, 0.15) is 11.6 Å². The summed E-state index contributed by atoms with van der Waals surface area (Å²) < 4.78 is 26.9. The van der Waals surface area contributed by atoms with Crippen LogP contribution in [0.25, 0.3) is 11.4 Å². The lowest BCUT2D eigenvalue weighted by Gasteiger charge is -2.11. The number of anilines is 1. The first-order chi connectivity index (χ1) is 15.9. The molecule has 1 aliphatic rings. The second-order valence-electron chi connectivity index (χ2n) is 8.33. The van der Waals surface area contributed by atoms with Gasteiger partial charge in [-0.05, 0) is 49.4 Å². The molecule has 0 saturated carbocycles. The van der Waals surface area contributed by atoms with E-state index in [0.29, 0.717) is 34.9 Å². The van der Waals surface area contributed by atoms with Crippen LogP contribution in [0.5, 0.6) is 0 Å². The largest absolute Gasteiger partial charge is 0.325 e. The monoisotopic (exact) mass is 486 g/mol. The van der Waals surface area contributed by atoms with Gasteiger partial charge in [-0.1, -0.05) is 48.4 Å². The Morgan fingerprint density at radius 3 is 2.70 bits per heavy atom. The second-order valence-corrected chi connectivity index (χ2v) is 10.9. The number of benzene rings is 2. The summed E-state index contributed by atoms with van der Waals surface area (Å²) in [7, 11) is -3.51. The third-order valence-corrected chi connectivity index (χ3v) is 7.66. The third-order valence-electron chi connectivity index (χ3n) is 5.72. The van der Waals surface area contributed by atoms with Crippen molar-refractivity contribution < 1.29 is 13.2 Å². The standard InChI is InChI=1S/C24H27ClN4O3S/c25-21-13-12-19(16-20(21)24-28-27-22-11-5-2-6-14-29(22)24)26-23(30)17-33(31,32)15-7-10-18-8-3-1-4-9-18/h1,3-4,8-9,12-13,16H,2,5-7,10-11,14-15,17H2,(H,26,30). The summed E-state index contributed by atoms with van der Waals surface area (Å²) in [5.74, 6) is 0.451. The molecule has 2 heterocycles. The molecule has 33 heavy (non-hydrogen) atoms. The van der Waals surface area contributed by atoms with Gasteiger partial charge in [0.05, 0.1) is 10.8 Å². The topological polar surface area (TPSA) is 93.9 Å². The Kier molecular flexibility index (Phi) is 7.45. The molecule has 0 bridgehead atoms. The number of carbonyl (C=O) groups is 1. The number of hydrogen-bond acceptors (Lipinski definition) is 5. The molecule has 1 N–H and O–H groups in total. The minimum atomic E-state index is -3.51. The molecule has 1 aromatic heterocycles. The van der Waals surface area contributed by atoms with Crippen LogP contribution in [-0.4, -0.2) is 40.6 Å². The van der Waals surface area contributed by atoms with E-state index < -0.39 is 21.5 Å². The van der Waals surface area contributed by atoms with E-state index in [9.17, 15) is 13.2 Å². The molecule has 0 atom stereocenters. The molecule has 9 heteroatoms. The number of rotatable bonds is 8. The Labute approximate surface area is 199 Å². The zero-order valence-electron chi connectivity index (χ0n) is 18.3. The van der Waals surface area contributed by atoms with Crippen molar-refractivity contribution in [1.29, 1.82) is 0 Å². The number of sulfone groups is 1. The first-order valence-electron chi connectivity index (χ1n) is 11.2. The number of nitrogens with one attached hydrogen (secondary N) is 1. The van der Waals surface area contributed by atoms with Crippen molar-refractivity contribution in [3.8, 4) is 11.4 Å². The lowest BCUT2D eigenvalue weighted by molar-refractivity contribution is -0.113. The van der Waals surface area contributed by atoms with Crippen molar-refractivity contribution in [3.63, 3.8) is 0 Å². The molecule has 0 radical (unpaired) electrons. The van der Waals surface area contributed by atoms with Gasteiger partial charge in [-0.15, -0.1) is 10.2 Å². The Morgan fingerprint density at radius 2 is 1.88 bits per heavy atom. The fourth-order valence-corrected chi connectivity index (χ4v) is 5.47. The van der Waals surface area contributed by atoms with Crippen molar-refractivity contribution in [2.24, 2.45) is 0 Å². The van der Waals surface area contributed by atoms with Crippen LogP contribution in [0.3, 0.4) is 0 Å². The van der Waals surface area contributed by atoms with E-state index >= 15 is 0 Å². The van der Waals surface area contributed by atoms with Gasteiger partial charge >= 0.3 is 0 Å². The maximum atomic E-state index is 12.5. The lowest BCUT2D eigenvalue weighted by Crippen LogP contribution is -2.25. The molecule has 0 spiro atoms. The highest BCUT2D eigenvalue weighted by Crippen LogP contribution is 2.31. The van der Waals surface area contributed by atoms with Gasteiger partial charge in [0.15, 0.2) is 15.7 Å². The molecule has 4 rings (SSSR count). The number of amides is 1. The highest BCUT2D eigenvalue weighted by atomic mass is 35.5. The van der Waals surface area contributed by atoms with Crippen molar-refractivity contribution in [2.75, 3.05) is 16.8 Å². The molecule has 0 aliphatic carbocycles. The number of fused-ring (bicyclic) bond motifs is 1. The quantitative estimate of drug-likeness (QED) is 0.512. The summed E-state index contributed by atoms with van der Waals surface area (Å²) in [6.45, 7) is 0.825. The SMILES string of the molecule is O=C(CS(=O)(=O)CCCc1ccccc1)Nc1ccc(Cl)c(-c2nnc3n2CCCCC3)c1. The molecule has 0 saturated heterocycles. The number of hydrogen-bond donors (Lipinski definition) is 1. The van der Waals surface area contributed by atoms with E-state index in [1.807, 2.05) is 30.3 Å². The predicted molar refractivity (Wildman–Crippen MR) is 130 cm³/mol. The molecule has 1 aliphatic heterocycles. The van der Waals surface area contributed by atoms with Crippen LogP contribution in [0.1, 0.15) is 37.1 Å². The summed E-state index contributed by atoms with van der Waals surface area (Å²) in [5.41, 5.74) is 2.22. The molecule has 174 valence electrons. The molecule has 7 nitrogen and oxygen atoms in total. The minimum absolute atomic E-state index is 0.0347. The number of aromatic nitrogens is 3. The van der Waals surface area contributed by atoms with Crippen LogP contribution in [0.4, 0.5) is 5.69 Å². The van der Waals surface area contributed by atoms with Crippen LogP contribution in [0.2, 0.25) is 5.02 Å². The summed E-state index contributed by atoms with van der Waals surface area (Å²) in [4.78, 5) is 12.5. The van der Waals surface area contributed by atoms with Crippen molar-refractivity contribution >= 4 is 33.0 Å². The zero-order valence-corrected chi connectivity index (χ0v) is 19.9. The molecule has 2 aromatic carbocycles. The number of halogens is 1. The van der Waals surface area contributed by atoms with Crippen LogP contribution < -0.4 is 5.32 Å². The molecular formula is C24H27ClN4O3S. The van der Waals surface area contributed by atoms with Crippen molar-refractivity contribution in [3.05, 3.63) is 64.9 Å². The number of nitrogens with zero attached hydrogens (tertiary/aromatic N) is 3. The van der Waals surface area contributed by atoms with E-state index in [1.165, 1.54) is 0 Å². The molecule has 0 fully saturated rings. The normalized spacial score (nSPS) is 13.8. The van der Waals surface area contributed by atoms with Crippen molar-refractivity contribution in [2.45, 2.75) is 45.1 Å². The third kappa shape index (κ3) is 6.21. The highest BCUT2D eigenvalue weighted by Gasteiger charge is 2.20. The fraction of sp³-hybridized carbons (Fsp3) is 0.375. The van der Waals surface area contributed by atoms with Crippen LogP contribution in [0, 0.1) is 0 Å². The predicted octanol–water partition coefficient (Wildman–Crippen LogP) is 4.31. The summed E-state index contributed by atoms with van der Waals surface area (Å²) in [6.07, 6.45) is 5.29. The van der Waals surface area contributed by atoms with Crippen LogP contribution in [-0.2, 0) is 34.0 Å². The minimum Gasteiger partial charge on any atom is -0.325 e. The maximum Gasteiger partial charge on any atom is 0.239 e. The van der Waals surface area contributed by atoms with Crippen molar-refractivity contribution in [1.82, 2.24) is 14.8 Å². The van der Waals surface area contributed by atoms with E-state index in [-0.39, 0.29) is 5.75 Å². The van der Waals surface area contributed by atoms with E-state index in [4.69, 9.17) is 11.6 Å². The lowest BCUT2D eigenvalue weighted by atomic mass is 10.1. The summed E-state index contributed by atoms with van der Waals surface area (Å²) >= 11 is 6.43. The van der Waals surface area contributed by atoms with Gasteiger partial charge in [0.25, 0.3) is 0 Å². The van der Waals surface area contributed by atoms with E-state index in [2.05, 4.69) is 20.1 Å². The zero-order chi connectivity index (χ0) is 23.3. The summed E-state index contributed by atoms with van der Waals surface area (Å²) in [6, 6.07) is 14.8. The maximum absolute atomic E-state index is 12.5. The Morgan fingerprint density at radius 1 is 1.06 bits per heavy atom. The molecule has 3 aromatic rings. The first kappa shape index (κ1) is 23.4. The highest BCUT2D eigenvalue weighted by molar-refractivity contribution is 7.92. The second kappa shape index (κ2) is 10.5. The van der Waals surface area contributed by atoms with E-state index in [0.717, 1.165) is 43.6 Å². The number of carbonyl (C=O) groups excluding carboxylic acids is 1. The molecular weight excluding hydrogens is 460 g/mol. The number of aryl methyl sites for hydroxylation is 2. The first-order valence-corrected chi connectivity index (χ1v) is 13.4. The smallest absolute Gasteiger partial charge is 0.239 e. The molecule has 1 amide bonds. The van der Waals surface area contributed by atoms with Gasteiger partial charge in [-0.25, -0.2) is 8.42 Å². The average molecular weight is 487 g/mol. The van der Waals surface area contributed by atoms with Gasteiger partial charge in [0.2, 0.25) is 5.91 Å². The summed E-state index contributed by atoms with van der Waals surface area (Å²) in [5, 5.41) is 11.8. The van der Waals surface area contributed by atoms with Crippen LogP contribution >= 0.6 is 11.6 Å². The Bertz CT molecular complexity index is 1230. The van der Waals surface area contributed by atoms with Gasteiger partial charge in [-0.2, -0.15) is 0 Å². The van der Waals surface area contributed by atoms with Gasteiger partial charge < -0.3 is 9.88 Å². The van der Waals surface area contributed by atoms with Gasteiger partial charge in [0, 0.05) is 24.2 Å².